The molecule has 1 fully saturated rings. The van der Waals surface area contributed by atoms with Crippen LogP contribution in [0.15, 0.2) is 0 Å². The fourth-order valence-electron chi connectivity index (χ4n) is 2.62. The minimum Gasteiger partial charge on any atom is -0.309 e. The summed E-state index contributed by atoms with van der Waals surface area (Å²) in [6, 6.07) is 0. The number of hydrogen-bond acceptors (Lipinski definition) is 3. The second kappa shape index (κ2) is 5.74. The molecule has 1 aliphatic rings. The van der Waals surface area contributed by atoms with Crippen LogP contribution in [0.4, 0.5) is 0 Å². The van der Waals surface area contributed by atoms with Crippen molar-refractivity contribution >= 4 is 11.8 Å². The van der Waals surface area contributed by atoms with E-state index >= 15 is 0 Å². The Balaban J connectivity index is 2.58. The van der Waals surface area contributed by atoms with E-state index in [0.717, 1.165) is 6.54 Å². The van der Waals surface area contributed by atoms with Crippen LogP contribution in [0.1, 0.15) is 40.5 Å². The van der Waals surface area contributed by atoms with Crippen LogP contribution in [0.2, 0.25) is 0 Å². The van der Waals surface area contributed by atoms with E-state index < -0.39 is 0 Å². The van der Waals surface area contributed by atoms with Crippen LogP contribution in [-0.2, 0) is 0 Å². The quantitative estimate of drug-likeness (QED) is 0.800. The molecule has 1 N–H and O–H groups in total. The van der Waals surface area contributed by atoms with Crippen molar-refractivity contribution < 1.29 is 0 Å². The summed E-state index contributed by atoms with van der Waals surface area (Å²) >= 11 is 2.05. The Bertz CT molecular complexity index is 204. The number of thioether (sulfide) groups is 1. The standard InChI is InChI=1S/C13H28N2S/c1-6-13(7-2,16-5)11-15-9-8-14-12(3,4)10-15/h14H,6-11H2,1-5H3. The molecule has 1 heterocycles. The minimum absolute atomic E-state index is 0.282. The van der Waals surface area contributed by atoms with Gasteiger partial charge in [0.25, 0.3) is 0 Å². The Hall–Kier alpha value is 0.270. The largest absolute Gasteiger partial charge is 0.309 e. The second-order valence-electron chi connectivity index (χ2n) is 5.62. The number of nitrogens with one attached hydrogen (secondary N) is 1. The van der Waals surface area contributed by atoms with Gasteiger partial charge in [-0.05, 0) is 32.9 Å². The van der Waals surface area contributed by atoms with Crippen molar-refractivity contribution in [1.29, 1.82) is 0 Å². The number of rotatable bonds is 5. The van der Waals surface area contributed by atoms with E-state index in [1.54, 1.807) is 0 Å². The average molecular weight is 244 g/mol. The lowest BCUT2D eigenvalue weighted by Gasteiger charge is -2.43. The van der Waals surface area contributed by atoms with E-state index in [9.17, 15) is 0 Å². The third kappa shape index (κ3) is 3.64. The molecule has 0 bridgehead atoms. The van der Waals surface area contributed by atoms with Crippen molar-refractivity contribution in [3.8, 4) is 0 Å². The molecule has 0 saturated carbocycles. The highest BCUT2D eigenvalue weighted by Crippen LogP contribution is 2.32. The predicted octanol–water partition coefficient (Wildman–Crippen LogP) is 2.59. The molecule has 0 aliphatic carbocycles. The molecule has 16 heavy (non-hydrogen) atoms. The number of hydrogen-bond donors (Lipinski definition) is 1. The SMILES string of the molecule is CCC(CC)(CN1CCNC(C)(C)C1)SC. The van der Waals surface area contributed by atoms with Crippen LogP contribution in [0.3, 0.4) is 0 Å². The van der Waals surface area contributed by atoms with Gasteiger partial charge < -0.3 is 5.32 Å². The van der Waals surface area contributed by atoms with E-state index in [0.29, 0.717) is 4.75 Å². The van der Waals surface area contributed by atoms with Gasteiger partial charge in [0.15, 0.2) is 0 Å². The first-order valence-electron chi connectivity index (χ1n) is 6.49. The van der Waals surface area contributed by atoms with Crippen molar-refractivity contribution in [2.24, 2.45) is 0 Å². The molecule has 1 aliphatic heterocycles. The van der Waals surface area contributed by atoms with Gasteiger partial charge >= 0.3 is 0 Å². The van der Waals surface area contributed by atoms with E-state index in [1.165, 1.54) is 32.5 Å². The van der Waals surface area contributed by atoms with Crippen molar-refractivity contribution in [2.75, 3.05) is 32.4 Å². The highest BCUT2D eigenvalue weighted by molar-refractivity contribution is 8.00. The molecular weight excluding hydrogens is 216 g/mol. The Morgan fingerprint density at radius 3 is 2.38 bits per heavy atom. The normalized spacial score (nSPS) is 22.3. The maximum Gasteiger partial charge on any atom is 0.0279 e. The van der Waals surface area contributed by atoms with Crippen LogP contribution in [0, 0.1) is 0 Å². The molecule has 0 atom stereocenters. The summed E-state index contributed by atoms with van der Waals surface area (Å²) in [6.45, 7) is 14.0. The van der Waals surface area contributed by atoms with Crippen molar-refractivity contribution in [1.82, 2.24) is 10.2 Å². The summed E-state index contributed by atoms with van der Waals surface area (Å²) in [7, 11) is 0. The van der Waals surface area contributed by atoms with Gasteiger partial charge in [0, 0.05) is 36.5 Å². The van der Waals surface area contributed by atoms with E-state index in [-0.39, 0.29) is 5.54 Å². The Kier molecular flexibility index (Phi) is 5.14. The third-order valence-corrected chi connectivity index (χ3v) is 5.46. The number of nitrogens with zero attached hydrogens (tertiary/aromatic N) is 1. The minimum atomic E-state index is 0.282. The van der Waals surface area contributed by atoms with Crippen molar-refractivity contribution in [3.05, 3.63) is 0 Å². The Morgan fingerprint density at radius 2 is 1.94 bits per heavy atom. The zero-order valence-electron chi connectivity index (χ0n) is 11.6. The van der Waals surface area contributed by atoms with Crippen molar-refractivity contribution in [3.63, 3.8) is 0 Å². The van der Waals surface area contributed by atoms with Gasteiger partial charge in [-0.25, -0.2) is 0 Å². The highest BCUT2D eigenvalue weighted by atomic mass is 32.2. The molecule has 2 nitrogen and oxygen atoms in total. The van der Waals surface area contributed by atoms with Gasteiger partial charge in [-0.2, -0.15) is 11.8 Å². The molecular formula is C13H28N2S. The van der Waals surface area contributed by atoms with Crippen LogP contribution < -0.4 is 5.32 Å². The first kappa shape index (κ1) is 14.3. The monoisotopic (exact) mass is 244 g/mol. The molecule has 0 radical (unpaired) electrons. The first-order chi connectivity index (χ1) is 7.47. The number of piperazine rings is 1. The topological polar surface area (TPSA) is 15.3 Å². The smallest absolute Gasteiger partial charge is 0.0279 e. The molecule has 0 aromatic rings. The average Bonchev–Trinajstić information content (AvgIpc) is 2.25. The third-order valence-electron chi connectivity index (χ3n) is 3.88. The zero-order valence-corrected chi connectivity index (χ0v) is 12.4. The van der Waals surface area contributed by atoms with E-state index in [4.69, 9.17) is 0 Å². The molecule has 0 aromatic carbocycles. The molecule has 3 heteroatoms. The maximum atomic E-state index is 3.58. The maximum absolute atomic E-state index is 3.58. The lowest BCUT2D eigenvalue weighted by atomic mass is 9.97. The Labute approximate surface area is 106 Å². The highest BCUT2D eigenvalue weighted by Gasteiger charge is 2.32. The van der Waals surface area contributed by atoms with Crippen LogP contribution in [-0.4, -0.2) is 47.6 Å². The van der Waals surface area contributed by atoms with Gasteiger partial charge in [-0.1, -0.05) is 13.8 Å². The molecule has 0 amide bonds. The van der Waals surface area contributed by atoms with Crippen molar-refractivity contribution in [2.45, 2.75) is 50.8 Å². The molecule has 1 saturated heterocycles. The summed E-state index contributed by atoms with van der Waals surface area (Å²) in [6.07, 6.45) is 4.81. The van der Waals surface area contributed by atoms with Gasteiger partial charge in [0.05, 0.1) is 0 Å². The lowest BCUT2D eigenvalue weighted by Crippen LogP contribution is -2.59. The first-order valence-corrected chi connectivity index (χ1v) is 7.72. The molecule has 0 aromatic heterocycles. The molecule has 1 rings (SSSR count). The van der Waals surface area contributed by atoms with Crippen LogP contribution >= 0.6 is 11.8 Å². The van der Waals surface area contributed by atoms with Gasteiger partial charge in [-0.3, -0.25) is 4.90 Å². The Morgan fingerprint density at radius 1 is 1.31 bits per heavy atom. The fraction of sp³-hybridized carbons (Fsp3) is 1.00. The van der Waals surface area contributed by atoms with Gasteiger partial charge in [-0.15, -0.1) is 0 Å². The lowest BCUT2D eigenvalue weighted by molar-refractivity contribution is 0.140. The summed E-state index contributed by atoms with van der Waals surface area (Å²) in [5, 5.41) is 3.58. The predicted molar refractivity (Wildman–Crippen MR) is 75.3 cm³/mol. The summed E-state index contributed by atoms with van der Waals surface area (Å²) in [5.74, 6) is 0. The van der Waals surface area contributed by atoms with Crippen LogP contribution in [0.25, 0.3) is 0 Å². The summed E-state index contributed by atoms with van der Waals surface area (Å²) in [5.41, 5.74) is 0.282. The summed E-state index contributed by atoms with van der Waals surface area (Å²) < 4.78 is 0.466. The zero-order chi connectivity index (χ0) is 12.2. The molecule has 96 valence electrons. The second-order valence-corrected chi connectivity index (χ2v) is 6.89. The van der Waals surface area contributed by atoms with Crippen LogP contribution in [0.5, 0.6) is 0 Å². The molecule has 0 spiro atoms. The summed E-state index contributed by atoms with van der Waals surface area (Å²) in [4.78, 5) is 2.64. The van der Waals surface area contributed by atoms with E-state index in [1.807, 2.05) is 11.8 Å². The van der Waals surface area contributed by atoms with Gasteiger partial charge in [0.1, 0.15) is 0 Å². The fourth-order valence-corrected chi connectivity index (χ4v) is 3.50. The van der Waals surface area contributed by atoms with Gasteiger partial charge in [0.2, 0.25) is 0 Å². The molecule has 0 unspecified atom stereocenters. The van der Waals surface area contributed by atoms with E-state index in [2.05, 4.69) is 44.2 Å².